The first-order chi connectivity index (χ1) is 4.93. The quantitative estimate of drug-likeness (QED) is 0.503. The van der Waals surface area contributed by atoms with Crippen LogP contribution in [0.4, 0.5) is 0 Å². The molecule has 0 N–H and O–H groups in total. The molecule has 1 aliphatic heterocycles. The van der Waals surface area contributed by atoms with Crippen LogP contribution in [0.1, 0.15) is 0 Å². The maximum Gasteiger partial charge on any atom is 0.147 e. The molecule has 0 saturated carbocycles. The number of hydrogen-bond donors (Lipinski definition) is 0. The third-order valence-corrected chi connectivity index (χ3v) is 1.32. The summed E-state index contributed by atoms with van der Waals surface area (Å²) >= 11 is 0. The van der Waals surface area contributed by atoms with E-state index >= 15 is 0 Å². The third kappa shape index (κ3) is 2.47. The molecular formula is C7H12O3. The fourth-order valence-electron chi connectivity index (χ4n) is 0.749. The van der Waals surface area contributed by atoms with Crippen molar-refractivity contribution in [3.05, 3.63) is 12.2 Å². The molecule has 0 amide bonds. The minimum Gasteiger partial charge on any atom is -0.375 e. The maximum atomic E-state index is 5.08. The van der Waals surface area contributed by atoms with Crippen LogP contribution >= 0.6 is 0 Å². The Hall–Kier alpha value is -0.380. The lowest BCUT2D eigenvalue weighted by Crippen LogP contribution is -2.19. The zero-order chi connectivity index (χ0) is 7.23. The van der Waals surface area contributed by atoms with E-state index < -0.39 is 0 Å². The topological polar surface area (TPSA) is 27.7 Å². The first kappa shape index (κ1) is 7.72. The Morgan fingerprint density at radius 2 is 2.40 bits per heavy atom. The molecule has 10 heavy (non-hydrogen) atoms. The van der Waals surface area contributed by atoms with Crippen LogP contribution < -0.4 is 0 Å². The Balaban J connectivity index is 2.33. The molecule has 3 heteroatoms. The van der Waals surface area contributed by atoms with Crippen LogP contribution in [0.15, 0.2) is 12.2 Å². The van der Waals surface area contributed by atoms with Gasteiger partial charge in [-0.1, -0.05) is 12.2 Å². The largest absolute Gasteiger partial charge is 0.375 e. The smallest absolute Gasteiger partial charge is 0.147 e. The summed E-state index contributed by atoms with van der Waals surface area (Å²) in [4.78, 5) is 0. The molecule has 0 spiro atoms. The van der Waals surface area contributed by atoms with Crippen LogP contribution in [0, 0.1) is 0 Å². The normalized spacial score (nSPS) is 30.7. The second kappa shape index (κ2) is 4.44. The second-order valence-corrected chi connectivity index (χ2v) is 2.06. The van der Waals surface area contributed by atoms with Crippen molar-refractivity contribution >= 4 is 0 Å². The number of ether oxygens (including phenoxy) is 3. The molecule has 0 bridgehead atoms. The molecule has 0 fully saturated rings. The summed E-state index contributed by atoms with van der Waals surface area (Å²) in [5.41, 5.74) is 0. The van der Waals surface area contributed by atoms with Gasteiger partial charge in [-0.3, -0.25) is 0 Å². The first-order valence-corrected chi connectivity index (χ1v) is 3.28. The van der Waals surface area contributed by atoms with E-state index in [1.54, 1.807) is 7.11 Å². The SMILES string of the molecule is COC1/C=C/COCOC1. The summed E-state index contributed by atoms with van der Waals surface area (Å²) in [6, 6.07) is 0. The average Bonchev–Trinajstić information content (AvgIpc) is 1.87. The van der Waals surface area contributed by atoms with Crippen molar-refractivity contribution < 1.29 is 14.2 Å². The fourth-order valence-corrected chi connectivity index (χ4v) is 0.749. The molecule has 1 atom stereocenters. The molecule has 1 aliphatic rings. The highest BCUT2D eigenvalue weighted by Crippen LogP contribution is 1.97. The van der Waals surface area contributed by atoms with Crippen LogP contribution in [0.5, 0.6) is 0 Å². The summed E-state index contributed by atoms with van der Waals surface area (Å²) in [6.07, 6.45) is 3.97. The lowest BCUT2D eigenvalue weighted by atomic mass is 10.3. The van der Waals surface area contributed by atoms with Crippen LogP contribution in [0.3, 0.4) is 0 Å². The molecular weight excluding hydrogens is 132 g/mol. The zero-order valence-electron chi connectivity index (χ0n) is 6.08. The van der Waals surface area contributed by atoms with Crippen LogP contribution in [-0.4, -0.2) is 33.2 Å². The van der Waals surface area contributed by atoms with Crippen molar-refractivity contribution in [2.24, 2.45) is 0 Å². The number of rotatable bonds is 1. The summed E-state index contributed by atoms with van der Waals surface area (Å²) < 4.78 is 15.1. The molecule has 0 aromatic heterocycles. The predicted octanol–water partition coefficient (Wildman–Crippen LogP) is 0.562. The predicted molar refractivity (Wildman–Crippen MR) is 36.7 cm³/mol. The molecule has 0 saturated heterocycles. The van der Waals surface area contributed by atoms with Gasteiger partial charge in [0.25, 0.3) is 0 Å². The van der Waals surface area contributed by atoms with Gasteiger partial charge < -0.3 is 14.2 Å². The monoisotopic (exact) mass is 144 g/mol. The molecule has 1 rings (SSSR count). The Morgan fingerprint density at radius 1 is 1.50 bits per heavy atom. The summed E-state index contributed by atoms with van der Waals surface area (Å²) in [7, 11) is 1.67. The fraction of sp³-hybridized carbons (Fsp3) is 0.714. The molecule has 1 heterocycles. The van der Waals surface area contributed by atoms with Crippen LogP contribution in [0.25, 0.3) is 0 Å². The second-order valence-electron chi connectivity index (χ2n) is 2.06. The van der Waals surface area contributed by atoms with E-state index in [0.29, 0.717) is 20.0 Å². The minimum atomic E-state index is 0.0869. The van der Waals surface area contributed by atoms with Gasteiger partial charge in [0.1, 0.15) is 6.79 Å². The maximum absolute atomic E-state index is 5.08. The summed E-state index contributed by atoms with van der Waals surface area (Å²) in [5, 5.41) is 0. The van der Waals surface area contributed by atoms with Gasteiger partial charge >= 0.3 is 0 Å². The average molecular weight is 144 g/mol. The van der Waals surface area contributed by atoms with E-state index in [1.807, 2.05) is 12.2 Å². The van der Waals surface area contributed by atoms with E-state index in [2.05, 4.69) is 0 Å². The van der Waals surface area contributed by atoms with Gasteiger partial charge in [0, 0.05) is 7.11 Å². The summed E-state index contributed by atoms with van der Waals surface area (Å²) in [5.74, 6) is 0. The zero-order valence-corrected chi connectivity index (χ0v) is 6.08. The van der Waals surface area contributed by atoms with E-state index in [1.165, 1.54) is 0 Å². The Bertz CT molecular complexity index is 111. The molecule has 0 aromatic carbocycles. The third-order valence-electron chi connectivity index (χ3n) is 1.32. The van der Waals surface area contributed by atoms with Gasteiger partial charge in [-0.25, -0.2) is 0 Å². The molecule has 0 aromatic rings. The van der Waals surface area contributed by atoms with Gasteiger partial charge in [-0.15, -0.1) is 0 Å². The van der Waals surface area contributed by atoms with Gasteiger partial charge in [-0.2, -0.15) is 0 Å². The van der Waals surface area contributed by atoms with Crippen LogP contribution in [-0.2, 0) is 14.2 Å². The Morgan fingerprint density at radius 3 is 3.20 bits per heavy atom. The Kier molecular flexibility index (Phi) is 3.43. The molecule has 1 unspecified atom stereocenters. The van der Waals surface area contributed by atoms with Gasteiger partial charge in [-0.05, 0) is 0 Å². The highest BCUT2D eigenvalue weighted by atomic mass is 16.7. The molecule has 0 aliphatic carbocycles. The van der Waals surface area contributed by atoms with Crippen molar-refractivity contribution in [3.63, 3.8) is 0 Å². The van der Waals surface area contributed by atoms with Crippen molar-refractivity contribution in [1.82, 2.24) is 0 Å². The van der Waals surface area contributed by atoms with E-state index in [-0.39, 0.29) is 6.10 Å². The lowest BCUT2D eigenvalue weighted by molar-refractivity contribution is -0.0747. The van der Waals surface area contributed by atoms with Gasteiger partial charge in [0.15, 0.2) is 0 Å². The number of methoxy groups -OCH3 is 1. The van der Waals surface area contributed by atoms with E-state index in [4.69, 9.17) is 14.2 Å². The minimum absolute atomic E-state index is 0.0869. The van der Waals surface area contributed by atoms with E-state index in [9.17, 15) is 0 Å². The lowest BCUT2D eigenvalue weighted by Gasteiger charge is -2.13. The first-order valence-electron chi connectivity index (χ1n) is 3.28. The van der Waals surface area contributed by atoms with Crippen molar-refractivity contribution in [2.75, 3.05) is 27.1 Å². The van der Waals surface area contributed by atoms with E-state index in [0.717, 1.165) is 0 Å². The standard InChI is InChI=1S/C7H12O3/c1-8-7-3-2-4-9-6-10-5-7/h2-3,7H,4-6H2,1H3/b3-2+. The van der Waals surface area contributed by atoms with Crippen molar-refractivity contribution in [2.45, 2.75) is 6.10 Å². The molecule has 0 radical (unpaired) electrons. The highest BCUT2D eigenvalue weighted by molar-refractivity contribution is 4.89. The molecule has 58 valence electrons. The van der Waals surface area contributed by atoms with Gasteiger partial charge in [0.2, 0.25) is 0 Å². The van der Waals surface area contributed by atoms with Crippen molar-refractivity contribution in [3.8, 4) is 0 Å². The molecule has 3 nitrogen and oxygen atoms in total. The van der Waals surface area contributed by atoms with Crippen molar-refractivity contribution in [1.29, 1.82) is 0 Å². The van der Waals surface area contributed by atoms with Gasteiger partial charge in [0.05, 0.1) is 19.3 Å². The van der Waals surface area contributed by atoms with Crippen LogP contribution in [0.2, 0.25) is 0 Å². The highest BCUT2D eigenvalue weighted by Gasteiger charge is 2.03. The Labute approximate surface area is 60.6 Å². The number of hydrogen-bond acceptors (Lipinski definition) is 3. The summed E-state index contributed by atoms with van der Waals surface area (Å²) in [6.45, 7) is 1.55.